The maximum absolute atomic E-state index is 8.69. The molecule has 0 unspecified atom stereocenters. The summed E-state index contributed by atoms with van der Waals surface area (Å²) < 4.78 is 5.94. The van der Waals surface area contributed by atoms with E-state index in [1.165, 1.54) is 5.39 Å². The van der Waals surface area contributed by atoms with Gasteiger partial charge >= 0.3 is 0 Å². The van der Waals surface area contributed by atoms with E-state index in [4.69, 9.17) is 9.84 Å². The fraction of sp³-hybridized carbons (Fsp3) is 0.111. The van der Waals surface area contributed by atoms with Crippen molar-refractivity contribution in [1.29, 1.82) is 0 Å². The molecular formula is C18H14O2S. The van der Waals surface area contributed by atoms with Crippen LogP contribution < -0.4 is 4.74 Å². The van der Waals surface area contributed by atoms with Gasteiger partial charge in [0, 0.05) is 10.3 Å². The van der Waals surface area contributed by atoms with E-state index in [1.807, 2.05) is 36.4 Å². The first-order chi connectivity index (χ1) is 10.4. The van der Waals surface area contributed by atoms with E-state index in [1.54, 1.807) is 11.3 Å². The zero-order valence-corrected chi connectivity index (χ0v) is 12.2. The summed E-state index contributed by atoms with van der Waals surface area (Å²) in [4.78, 5) is 2.06. The topological polar surface area (TPSA) is 29.5 Å². The van der Waals surface area contributed by atoms with Gasteiger partial charge in [-0.15, -0.1) is 11.3 Å². The molecule has 104 valence electrons. The quantitative estimate of drug-likeness (QED) is 0.744. The molecule has 0 saturated heterocycles. The summed E-state index contributed by atoms with van der Waals surface area (Å²) in [6, 6.07) is 18.2. The van der Waals surface area contributed by atoms with Crippen LogP contribution in [0.1, 0.15) is 9.75 Å². The van der Waals surface area contributed by atoms with Crippen LogP contribution in [0.15, 0.2) is 54.6 Å². The van der Waals surface area contributed by atoms with Crippen LogP contribution in [0.5, 0.6) is 5.75 Å². The van der Waals surface area contributed by atoms with Crippen molar-refractivity contribution >= 4 is 22.1 Å². The average molecular weight is 294 g/mol. The molecule has 0 atom stereocenters. The van der Waals surface area contributed by atoms with E-state index < -0.39 is 0 Å². The Balaban J connectivity index is 1.76. The maximum Gasteiger partial charge on any atom is 0.127 e. The van der Waals surface area contributed by atoms with Crippen molar-refractivity contribution in [2.75, 3.05) is 6.61 Å². The molecule has 3 rings (SSSR count). The molecule has 21 heavy (non-hydrogen) atoms. The smallest absolute Gasteiger partial charge is 0.127 e. The lowest BCUT2D eigenvalue weighted by atomic mass is 10.1. The minimum Gasteiger partial charge on any atom is -0.487 e. The highest BCUT2D eigenvalue weighted by molar-refractivity contribution is 7.12. The molecule has 2 nitrogen and oxygen atoms in total. The Labute approximate surface area is 127 Å². The molecule has 3 heteroatoms. The van der Waals surface area contributed by atoms with E-state index in [9.17, 15) is 0 Å². The van der Waals surface area contributed by atoms with Crippen LogP contribution in [-0.4, -0.2) is 11.7 Å². The molecule has 3 aromatic rings. The Hall–Kier alpha value is -2.28. The van der Waals surface area contributed by atoms with Gasteiger partial charge in [0.15, 0.2) is 0 Å². The number of ether oxygens (including phenoxy) is 1. The van der Waals surface area contributed by atoms with Gasteiger partial charge in [0.1, 0.15) is 19.0 Å². The molecular weight excluding hydrogens is 280 g/mol. The first-order valence-electron chi connectivity index (χ1n) is 6.66. The summed E-state index contributed by atoms with van der Waals surface area (Å²) >= 11 is 1.59. The number of hydrogen-bond acceptors (Lipinski definition) is 3. The van der Waals surface area contributed by atoms with Crippen molar-refractivity contribution < 1.29 is 9.84 Å². The van der Waals surface area contributed by atoms with Gasteiger partial charge in [-0.1, -0.05) is 48.2 Å². The molecule has 0 fully saturated rings. The van der Waals surface area contributed by atoms with Gasteiger partial charge in [0.25, 0.3) is 0 Å². The van der Waals surface area contributed by atoms with Crippen LogP contribution in [-0.2, 0) is 6.61 Å². The van der Waals surface area contributed by atoms with Crippen molar-refractivity contribution in [2.24, 2.45) is 0 Å². The summed E-state index contributed by atoms with van der Waals surface area (Å²) in [6.07, 6.45) is 0. The zero-order chi connectivity index (χ0) is 14.5. The highest BCUT2D eigenvalue weighted by Gasteiger charge is 2.03. The van der Waals surface area contributed by atoms with Crippen LogP contribution in [0.3, 0.4) is 0 Å². The van der Waals surface area contributed by atoms with Gasteiger partial charge in [-0.25, -0.2) is 0 Å². The van der Waals surface area contributed by atoms with Crippen LogP contribution >= 0.6 is 11.3 Å². The van der Waals surface area contributed by atoms with Crippen LogP contribution in [0.2, 0.25) is 0 Å². The van der Waals surface area contributed by atoms with Gasteiger partial charge in [-0.3, -0.25) is 0 Å². The Bertz CT molecular complexity index is 803. The highest BCUT2D eigenvalue weighted by Crippen LogP contribution is 2.26. The first kappa shape index (κ1) is 13.7. The van der Waals surface area contributed by atoms with Crippen molar-refractivity contribution in [3.63, 3.8) is 0 Å². The molecule has 1 heterocycles. The number of fused-ring (bicyclic) bond motifs is 1. The summed E-state index contributed by atoms with van der Waals surface area (Å²) in [5.41, 5.74) is 0. The van der Waals surface area contributed by atoms with Gasteiger partial charge in [0.05, 0.1) is 4.88 Å². The molecule has 1 aromatic heterocycles. The molecule has 0 bridgehead atoms. The number of thiophene rings is 1. The molecule has 0 aliphatic rings. The number of aliphatic hydroxyl groups excluding tert-OH is 1. The number of rotatable bonds is 3. The Morgan fingerprint density at radius 3 is 2.76 bits per heavy atom. The van der Waals surface area contributed by atoms with E-state index in [2.05, 4.69) is 30.0 Å². The second kappa shape index (κ2) is 6.45. The second-order valence-corrected chi connectivity index (χ2v) is 5.66. The van der Waals surface area contributed by atoms with Crippen molar-refractivity contribution in [3.05, 3.63) is 64.4 Å². The Morgan fingerprint density at radius 2 is 1.86 bits per heavy atom. The summed E-state index contributed by atoms with van der Waals surface area (Å²) in [5, 5.41) is 11.0. The SMILES string of the molecule is OCC#Cc1ccc(COc2cccc3ccccc23)s1. The maximum atomic E-state index is 8.69. The third-order valence-electron chi connectivity index (χ3n) is 3.07. The third kappa shape index (κ3) is 3.25. The predicted octanol–water partition coefficient (Wildman–Crippen LogP) is 3.82. The minimum absolute atomic E-state index is 0.111. The lowest BCUT2D eigenvalue weighted by Gasteiger charge is -2.08. The molecule has 0 saturated carbocycles. The van der Waals surface area contributed by atoms with E-state index >= 15 is 0 Å². The Kier molecular flexibility index (Phi) is 4.20. The van der Waals surface area contributed by atoms with Gasteiger partial charge < -0.3 is 9.84 Å². The first-order valence-corrected chi connectivity index (χ1v) is 7.47. The highest BCUT2D eigenvalue weighted by atomic mass is 32.1. The standard InChI is InChI=1S/C18H14O2S/c19-12-4-7-15-10-11-16(21-15)13-20-18-9-3-6-14-5-1-2-8-17(14)18/h1-3,5-6,8-11,19H,12-13H2. The number of hydrogen-bond donors (Lipinski definition) is 1. The van der Waals surface area contributed by atoms with E-state index in [-0.39, 0.29) is 6.61 Å². The zero-order valence-electron chi connectivity index (χ0n) is 11.4. The van der Waals surface area contributed by atoms with Crippen molar-refractivity contribution in [2.45, 2.75) is 6.61 Å². The largest absolute Gasteiger partial charge is 0.487 e. The summed E-state index contributed by atoms with van der Waals surface area (Å²) in [5.74, 6) is 6.45. The van der Waals surface area contributed by atoms with Crippen LogP contribution in [0.25, 0.3) is 10.8 Å². The fourth-order valence-corrected chi connectivity index (χ4v) is 2.92. The predicted molar refractivity (Wildman–Crippen MR) is 86.6 cm³/mol. The molecule has 0 aliphatic heterocycles. The van der Waals surface area contributed by atoms with E-state index in [0.29, 0.717) is 6.61 Å². The van der Waals surface area contributed by atoms with Crippen LogP contribution in [0, 0.1) is 11.8 Å². The van der Waals surface area contributed by atoms with Crippen LogP contribution in [0.4, 0.5) is 0 Å². The minimum atomic E-state index is -0.111. The molecule has 0 radical (unpaired) electrons. The third-order valence-corrected chi connectivity index (χ3v) is 4.05. The molecule has 0 spiro atoms. The van der Waals surface area contributed by atoms with Gasteiger partial charge in [-0.2, -0.15) is 0 Å². The lowest BCUT2D eigenvalue weighted by Crippen LogP contribution is -1.93. The molecule has 1 N–H and O–H groups in total. The normalized spacial score (nSPS) is 10.1. The summed E-state index contributed by atoms with van der Waals surface area (Å²) in [7, 11) is 0. The van der Waals surface area contributed by atoms with E-state index in [0.717, 1.165) is 20.9 Å². The molecule has 0 amide bonds. The lowest BCUT2D eigenvalue weighted by molar-refractivity contribution is 0.313. The number of benzene rings is 2. The monoisotopic (exact) mass is 294 g/mol. The van der Waals surface area contributed by atoms with Gasteiger partial charge in [-0.05, 0) is 23.6 Å². The molecule has 2 aromatic carbocycles. The number of aliphatic hydroxyl groups is 1. The Morgan fingerprint density at radius 1 is 1.00 bits per heavy atom. The van der Waals surface area contributed by atoms with Crippen molar-refractivity contribution in [1.82, 2.24) is 0 Å². The summed E-state index contributed by atoms with van der Waals surface area (Å²) in [6.45, 7) is 0.416. The second-order valence-electron chi connectivity index (χ2n) is 4.49. The average Bonchev–Trinajstić information content (AvgIpc) is 2.99. The van der Waals surface area contributed by atoms with Gasteiger partial charge in [0.2, 0.25) is 0 Å². The van der Waals surface area contributed by atoms with Crippen molar-refractivity contribution in [3.8, 4) is 17.6 Å². The molecule has 0 aliphatic carbocycles. The fourth-order valence-electron chi connectivity index (χ4n) is 2.12.